The van der Waals surface area contributed by atoms with Gasteiger partial charge in [-0.15, -0.1) is 0 Å². The lowest BCUT2D eigenvalue weighted by Gasteiger charge is -2.44. The van der Waals surface area contributed by atoms with E-state index in [2.05, 4.69) is 10.3 Å². The number of aliphatic carboxylic acids is 1. The number of carbonyl (C=O) groups is 3. The molecule has 3 aromatic rings. The van der Waals surface area contributed by atoms with Crippen molar-refractivity contribution in [3.63, 3.8) is 0 Å². The number of nitrogens with zero attached hydrogens (tertiary/aromatic N) is 3. The Morgan fingerprint density at radius 2 is 1.57 bits per heavy atom. The molecule has 2 amide bonds. The minimum Gasteiger partial charge on any atom is -0.493 e. The molecule has 3 aliphatic heterocycles. The van der Waals surface area contributed by atoms with E-state index in [1.807, 2.05) is 53.4 Å². The molecule has 53 heavy (non-hydrogen) atoms. The van der Waals surface area contributed by atoms with Crippen molar-refractivity contribution in [2.24, 2.45) is 0 Å². The zero-order valence-electron chi connectivity index (χ0n) is 30.2. The van der Waals surface area contributed by atoms with Crippen LogP contribution in [0.1, 0.15) is 47.2 Å². The highest BCUT2D eigenvalue weighted by Crippen LogP contribution is 2.43. The molecule has 0 aliphatic carbocycles. The fourth-order valence-electron chi connectivity index (χ4n) is 7.96. The molecule has 0 radical (unpaired) electrons. The molecule has 3 fully saturated rings. The molecule has 2 atom stereocenters. The maximum atomic E-state index is 14.2. The van der Waals surface area contributed by atoms with Crippen molar-refractivity contribution < 1.29 is 38.4 Å². The van der Waals surface area contributed by atoms with E-state index >= 15 is 0 Å². The number of amides is 2. The number of hydrazine groups is 1. The lowest BCUT2D eigenvalue weighted by molar-refractivity contribution is -0.156. The summed E-state index contributed by atoms with van der Waals surface area (Å²) in [7, 11) is 4.56. The fraction of sp³-hybridized carbons (Fsp3) is 0.462. The molecule has 0 spiro atoms. The number of hydrogen-bond donors (Lipinski definition) is 2. The highest BCUT2D eigenvalue weighted by atomic mass is 35.5. The van der Waals surface area contributed by atoms with Gasteiger partial charge in [0.1, 0.15) is 6.04 Å². The Hall–Kier alpha value is -4.07. The largest absolute Gasteiger partial charge is 0.493 e. The van der Waals surface area contributed by atoms with Gasteiger partial charge in [-0.05, 0) is 80.7 Å². The monoisotopic (exact) mass is 768 g/mol. The molecular weight excluding hydrogens is 723 g/mol. The van der Waals surface area contributed by atoms with E-state index in [-0.39, 0.29) is 25.0 Å². The van der Waals surface area contributed by atoms with Gasteiger partial charge < -0.3 is 33.9 Å². The van der Waals surface area contributed by atoms with E-state index in [9.17, 15) is 19.5 Å². The maximum absolute atomic E-state index is 14.2. The van der Waals surface area contributed by atoms with Crippen molar-refractivity contribution in [1.29, 1.82) is 0 Å². The molecule has 6 rings (SSSR count). The first-order valence-corrected chi connectivity index (χ1v) is 18.5. The van der Waals surface area contributed by atoms with Gasteiger partial charge in [0, 0.05) is 30.6 Å². The maximum Gasteiger partial charge on any atom is 0.325 e. The van der Waals surface area contributed by atoms with Gasteiger partial charge in [0.25, 0.3) is 5.91 Å². The smallest absolute Gasteiger partial charge is 0.325 e. The normalized spacial score (nSPS) is 21.9. The molecule has 0 aromatic heterocycles. The van der Waals surface area contributed by atoms with Crippen LogP contribution in [-0.4, -0.2) is 118 Å². The van der Waals surface area contributed by atoms with E-state index in [1.165, 1.54) is 26.3 Å². The zero-order chi connectivity index (χ0) is 37.8. The molecule has 0 saturated carbocycles. The average molecular weight is 770 g/mol. The van der Waals surface area contributed by atoms with Gasteiger partial charge in [0.2, 0.25) is 11.7 Å². The van der Waals surface area contributed by atoms with Crippen LogP contribution in [0.4, 0.5) is 0 Å². The number of carboxylic acids is 1. The average Bonchev–Trinajstić information content (AvgIpc) is 3.63. The summed E-state index contributed by atoms with van der Waals surface area (Å²) in [5.74, 6) is -0.169. The van der Waals surface area contributed by atoms with Gasteiger partial charge in [0.15, 0.2) is 11.5 Å². The Balaban J connectivity index is 1.20. The second-order valence-electron chi connectivity index (χ2n) is 13.9. The summed E-state index contributed by atoms with van der Waals surface area (Å²) in [5.41, 5.74) is 4.08. The minimum absolute atomic E-state index is 0.00775. The Kier molecular flexibility index (Phi) is 12.0. The predicted molar refractivity (Wildman–Crippen MR) is 200 cm³/mol. The molecule has 3 aliphatic rings. The van der Waals surface area contributed by atoms with Gasteiger partial charge >= 0.3 is 5.97 Å². The van der Waals surface area contributed by atoms with Crippen LogP contribution in [0.15, 0.2) is 60.7 Å². The summed E-state index contributed by atoms with van der Waals surface area (Å²) in [6.07, 6.45) is 2.56. The number of carboxylic acid groups (broad SMARTS) is 1. The van der Waals surface area contributed by atoms with Crippen LogP contribution >= 0.6 is 23.2 Å². The number of ether oxygens (including phenoxy) is 4. The number of nitrogens with one attached hydrogen (secondary N) is 1. The topological polar surface area (TPSA) is 130 Å². The van der Waals surface area contributed by atoms with E-state index < -0.39 is 22.8 Å². The summed E-state index contributed by atoms with van der Waals surface area (Å²) in [6.45, 7) is 3.66. The van der Waals surface area contributed by atoms with Crippen LogP contribution in [0, 0.1) is 0 Å². The molecule has 3 aromatic carbocycles. The number of benzene rings is 3. The summed E-state index contributed by atoms with van der Waals surface area (Å²) >= 11 is 12.9. The van der Waals surface area contributed by atoms with Crippen LogP contribution in [0.5, 0.6) is 17.2 Å². The van der Waals surface area contributed by atoms with Gasteiger partial charge in [-0.1, -0.05) is 59.6 Å². The van der Waals surface area contributed by atoms with Crippen LogP contribution in [0.25, 0.3) is 0 Å². The van der Waals surface area contributed by atoms with Crippen molar-refractivity contribution in [2.75, 3.05) is 73.8 Å². The van der Waals surface area contributed by atoms with Gasteiger partial charge in [-0.3, -0.25) is 19.8 Å². The third-order valence-corrected chi connectivity index (χ3v) is 11.9. The Bertz CT molecular complexity index is 1780. The summed E-state index contributed by atoms with van der Waals surface area (Å²) in [6, 6.07) is 17.8. The number of methoxy groups -OCH3 is 3. The molecular formula is C39H46Cl2N4O8. The van der Waals surface area contributed by atoms with E-state index in [1.54, 1.807) is 12.1 Å². The number of morpholine rings is 1. The van der Waals surface area contributed by atoms with Gasteiger partial charge in [-0.2, -0.15) is 0 Å². The molecule has 2 N–H and O–H groups in total. The van der Waals surface area contributed by atoms with Crippen molar-refractivity contribution in [2.45, 2.75) is 42.6 Å². The number of rotatable bonds is 12. The second-order valence-corrected chi connectivity index (χ2v) is 14.7. The van der Waals surface area contributed by atoms with Crippen LogP contribution in [0.2, 0.25) is 10.0 Å². The van der Waals surface area contributed by atoms with Crippen molar-refractivity contribution in [3.05, 3.63) is 87.4 Å². The summed E-state index contributed by atoms with van der Waals surface area (Å²) in [5, 5.41) is 12.2. The third kappa shape index (κ3) is 7.93. The fourth-order valence-corrected chi connectivity index (χ4v) is 8.26. The van der Waals surface area contributed by atoms with E-state index in [4.69, 9.17) is 42.1 Å². The van der Waals surface area contributed by atoms with Gasteiger partial charge in [0.05, 0.1) is 50.0 Å². The number of halogens is 2. The molecule has 3 heterocycles. The summed E-state index contributed by atoms with van der Waals surface area (Å²) in [4.78, 5) is 44.4. The third-order valence-electron chi connectivity index (χ3n) is 11.1. The lowest BCUT2D eigenvalue weighted by Crippen LogP contribution is -2.62. The Morgan fingerprint density at radius 1 is 0.868 bits per heavy atom. The standard InChI is InChI=1S/C39H46Cl2N4O8/c1-50-32-21-26(22-33(51-2)34(32)52-3)35(46)44-18-12-38(25-44,28-9-10-29(40)30(41)23-28)11-15-43-16-13-39(14-17-43,27-7-5-4-6-8-27)37(49)42-45-19-20-53-24-31(45)36(47)48/h4-10,21-23,31H,11-20,24-25H2,1-3H3,(H,42,49)(H,47,48). The number of piperidine rings is 1. The first kappa shape index (κ1) is 38.6. The first-order chi connectivity index (χ1) is 25.5. The number of carbonyl (C=O) groups excluding carboxylic acids is 2. The van der Waals surface area contributed by atoms with Crippen LogP contribution in [0.3, 0.4) is 0 Å². The second kappa shape index (κ2) is 16.5. The zero-order valence-corrected chi connectivity index (χ0v) is 31.8. The molecule has 3 saturated heterocycles. The highest BCUT2D eigenvalue weighted by Gasteiger charge is 2.46. The molecule has 12 nitrogen and oxygen atoms in total. The van der Waals surface area contributed by atoms with Crippen molar-refractivity contribution >= 4 is 41.0 Å². The highest BCUT2D eigenvalue weighted by molar-refractivity contribution is 6.42. The summed E-state index contributed by atoms with van der Waals surface area (Å²) < 4.78 is 21.9. The van der Waals surface area contributed by atoms with Crippen molar-refractivity contribution in [1.82, 2.24) is 20.2 Å². The number of likely N-dealkylation sites (tertiary alicyclic amines) is 2. The Morgan fingerprint density at radius 3 is 2.19 bits per heavy atom. The SMILES string of the molecule is COc1cc(C(=O)N2CCC(CCN3CCC(C(=O)NN4CCOCC4C(=O)O)(c4ccccc4)CC3)(c3ccc(Cl)c(Cl)c3)C2)cc(OC)c1OC. The van der Waals surface area contributed by atoms with Crippen LogP contribution in [-0.2, 0) is 25.2 Å². The van der Waals surface area contributed by atoms with E-state index in [0.717, 1.165) is 30.5 Å². The molecule has 14 heteroatoms. The van der Waals surface area contributed by atoms with Crippen LogP contribution < -0.4 is 19.6 Å². The predicted octanol–water partition coefficient (Wildman–Crippen LogP) is 5.04. The van der Waals surface area contributed by atoms with E-state index in [0.29, 0.717) is 78.5 Å². The minimum atomic E-state index is -1.04. The Labute approximate surface area is 319 Å². The number of hydrogen-bond acceptors (Lipinski definition) is 9. The molecule has 2 unspecified atom stereocenters. The van der Waals surface area contributed by atoms with Gasteiger partial charge in [-0.25, -0.2) is 5.01 Å². The first-order valence-electron chi connectivity index (χ1n) is 17.7. The lowest BCUT2D eigenvalue weighted by atomic mass is 9.71. The molecule has 284 valence electrons. The van der Waals surface area contributed by atoms with Crippen molar-refractivity contribution in [3.8, 4) is 17.2 Å². The quantitative estimate of drug-likeness (QED) is 0.259. The molecule has 0 bridgehead atoms.